The van der Waals surface area contributed by atoms with Gasteiger partial charge in [-0.1, -0.05) is 60.7 Å². The monoisotopic (exact) mass is 386 g/mol. The lowest BCUT2D eigenvalue weighted by atomic mass is 10.0. The SMILES string of the molecule is CS(=O)(=O)OP(C#CP(F)F)C(c1ccccc1)c1ccccc1. The van der Waals surface area contributed by atoms with Crippen LogP contribution in [0.5, 0.6) is 0 Å². The van der Waals surface area contributed by atoms with E-state index in [4.69, 9.17) is 3.97 Å². The van der Waals surface area contributed by atoms with Gasteiger partial charge in [-0.2, -0.15) is 16.8 Å². The summed E-state index contributed by atoms with van der Waals surface area (Å²) in [6.07, 6.45) is 0.894. The summed E-state index contributed by atoms with van der Waals surface area (Å²) >= 11 is 0. The first-order valence-electron chi connectivity index (χ1n) is 6.78. The van der Waals surface area contributed by atoms with Crippen LogP contribution in [0.4, 0.5) is 8.39 Å². The van der Waals surface area contributed by atoms with Crippen LogP contribution in [0.1, 0.15) is 16.8 Å². The fourth-order valence-electron chi connectivity index (χ4n) is 2.09. The van der Waals surface area contributed by atoms with E-state index in [1.165, 1.54) is 0 Å². The Morgan fingerprint density at radius 2 is 1.38 bits per heavy atom. The van der Waals surface area contributed by atoms with Gasteiger partial charge in [0.05, 0.1) is 11.9 Å². The van der Waals surface area contributed by atoms with E-state index in [9.17, 15) is 16.8 Å². The molecule has 2 aromatic rings. The highest BCUT2D eigenvalue weighted by molar-refractivity contribution is 7.91. The molecule has 0 bridgehead atoms. The summed E-state index contributed by atoms with van der Waals surface area (Å²) in [4.78, 5) is 0. The minimum atomic E-state index is -3.84. The van der Waals surface area contributed by atoms with Gasteiger partial charge in [0.15, 0.2) is 0 Å². The van der Waals surface area contributed by atoms with Crippen LogP contribution in [0.15, 0.2) is 60.7 Å². The third kappa shape index (κ3) is 5.92. The molecule has 2 rings (SSSR count). The highest BCUT2D eigenvalue weighted by Crippen LogP contribution is 2.56. The molecule has 0 aromatic heterocycles. The lowest BCUT2D eigenvalue weighted by Gasteiger charge is -2.22. The number of hydrogen-bond acceptors (Lipinski definition) is 3. The predicted octanol–water partition coefficient (Wildman–Crippen LogP) is 5.32. The van der Waals surface area contributed by atoms with Gasteiger partial charge in [0.25, 0.3) is 10.1 Å². The van der Waals surface area contributed by atoms with Crippen molar-refractivity contribution in [1.29, 1.82) is 0 Å². The molecule has 8 heteroatoms. The minimum absolute atomic E-state index is 0.542. The molecule has 126 valence electrons. The summed E-state index contributed by atoms with van der Waals surface area (Å²) in [5.41, 5.74) is 5.15. The third-order valence-corrected chi connectivity index (χ3v) is 6.51. The molecule has 0 aliphatic heterocycles. The zero-order chi connectivity index (χ0) is 17.6. The summed E-state index contributed by atoms with van der Waals surface area (Å²) < 4.78 is 53.5. The van der Waals surface area contributed by atoms with Gasteiger partial charge in [0.1, 0.15) is 8.15 Å². The molecule has 0 saturated heterocycles. The van der Waals surface area contributed by atoms with Gasteiger partial charge in [0, 0.05) is 0 Å². The molecule has 0 spiro atoms. The summed E-state index contributed by atoms with van der Waals surface area (Å²) in [5.74, 6) is 0. The molecular formula is C16H14F2O3P2S. The van der Waals surface area contributed by atoms with Crippen molar-refractivity contribution in [3.63, 3.8) is 0 Å². The lowest BCUT2D eigenvalue weighted by molar-refractivity contribution is 0.516. The average molecular weight is 386 g/mol. The van der Waals surface area contributed by atoms with E-state index in [2.05, 4.69) is 5.66 Å². The van der Waals surface area contributed by atoms with Gasteiger partial charge in [0.2, 0.25) is 0 Å². The second-order valence-electron chi connectivity index (χ2n) is 4.78. The summed E-state index contributed by atoms with van der Waals surface area (Å²) in [6, 6.07) is 18.0. The lowest BCUT2D eigenvalue weighted by Crippen LogP contribution is -2.05. The molecule has 0 fully saturated rings. The first-order chi connectivity index (χ1) is 11.4. The maximum atomic E-state index is 12.6. The molecule has 3 nitrogen and oxygen atoms in total. The van der Waals surface area contributed by atoms with Gasteiger partial charge in [-0.05, 0) is 22.4 Å². The largest absolute Gasteiger partial charge is 0.344 e. The van der Waals surface area contributed by atoms with E-state index < -0.39 is 32.5 Å². The molecule has 2 aromatic carbocycles. The van der Waals surface area contributed by atoms with Crippen LogP contribution in [-0.2, 0) is 14.1 Å². The number of halogens is 2. The van der Waals surface area contributed by atoms with Crippen molar-refractivity contribution >= 4 is 26.8 Å². The first kappa shape index (κ1) is 19.0. The maximum Gasteiger partial charge on any atom is 0.344 e. The van der Waals surface area contributed by atoms with Crippen LogP contribution in [0.3, 0.4) is 0 Å². The molecule has 0 saturated carbocycles. The van der Waals surface area contributed by atoms with Crippen LogP contribution >= 0.6 is 16.7 Å². The Kier molecular flexibility index (Phi) is 6.83. The Labute approximate surface area is 143 Å². The first-order valence-corrected chi connectivity index (χ1v) is 11.1. The highest BCUT2D eigenvalue weighted by Gasteiger charge is 2.28. The zero-order valence-corrected chi connectivity index (χ0v) is 15.2. The number of hydrogen-bond donors (Lipinski definition) is 0. The van der Waals surface area contributed by atoms with Crippen LogP contribution in [-0.4, -0.2) is 14.7 Å². The minimum Gasteiger partial charge on any atom is -0.233 e. The summed E-state index contributed by atoms with van der Waals surface area (Å²) in [5, 5.41) is 0. The second kappa shape index (κ2) is 8.65. The van der Waals surface area contributed by atoms with Gasteiger partial charge < -0.3 is 0 Å². The van der Waals surface area contributed by atoms with Crippen LogP contribution < -0.4 is 0 Å². The fraction of sp³-hybridized carbons (Fsp3) is 0.125. The van der Waals surface area contributed by atoms with E-state index in [1.54, 1.807) is 48.5 Å². The molecule has 0 amide bonds. The molecule has 0 aliphatic rings. The molecule has 1 atom stereocenters. The van der Waals surface area contributed by atoms with E-state index in [0.717, 1.165) is 17.4 Å². The normalized spacial score (nSPS) is 12.7. The molecule has 0 radical (unpaired) electrons. The third-order valence-electron chi connectivity index (χ3n) is 2.93. The van der Waals surface area contributed by atoms with E-state index in [-0.39, 0.29) is 0 Å². The van der Waals surface area contributed by atoms with E-state index >= 15 is 0 Å². The van der Waals surface area contributed by atoms with E-state index in [1.807, 2.05) is 17.8 Å². The Hall–Kier alpha value is -1.37. The van der Waals surface area contributed by atoms with Gasteiger partial charge in [-0.25, -0.2) is 3.97 Å². The molecule has 0 heterocycles. The van der Waals surface area contributed by atoms with Gasteiger partial charge in [-0.3, -0.25) is 0 Å². The predicted molar refractivity (Wildman–Crippen MR) is 94.5 cm³/mol. The molecule has 0 aliphatic carbocycles. The van der Waals surface area contributed by atoms with Crippen molar-refractivity contribution in [3.8, 4) is 11.3 Å². The Bertz CT molecular complexity index is 779. The smallest absolute Gasteiger partial charge is 0.233 e. The number of rotatable bonds is 5. The van der Waals surface area contributed by atoms with Crippen molar-refractivity contribution < 1.29 is 20.8 Å². The topological polar surface area (TPSA) is 43.4 Å². The van der Waals surface area contributed by atoms with Crippen molar-refractivity contribution in [2.75, 3.05) is 6.26 Å². The second-order valence-corrected chi connectivity index (χ2v) is 8.87. The fourth-order valence-corrected chi connectivity index (χ4v) is 5.46. The van der Waals surface area contributed by atoms with Crippen molar-refractivity contribution in [3.05, 3.63) is 71.8 Å². The number of benzene rings is 2. The average Bonchev–Trinajstić information content (AvgIpc) is 2.53. The van der Waals surface area contributed by atoms with Crippen LogP contribution in [0.2, 0.25) is 0 Å². The summed E-state index contributed by atoms with van der Waals surface area (Å²) in [7, 11) is -9.31. The van der Waals surface area contributed by atoms with Gasteiger partial charge >= 0.3 is 8.54 Å². The maximum absolute atomic E-state index is 12.6. The van der Waals surface area contributed by atoms with Crippen molar-refractivity contribution in [1.82, 2.24) is 0 Å². The molecule has 1 unspecified atom stereocenters. The molecule has 24 heavy (non-hydrogen) atoms. The van der Waals surface area contributed by atoms with E-state index in [0.29, 0.717) is 0 Å². The van der Waals surface area contributed by atoms with Crippen molar-refractivity contribution in [2.45, 2.75) is 5.66 Å². The zero-order valence-electron chi connectivity index (χ0n) is 12.6. The quantitative estimate of drug-likeness (QED) is 0.516. The van der Waals surface area contributed by atoms with Crippen LogP contribution in [0.25, 0.3) is 0 Å². The van der Waals surface area contributed by atoms with Gasteiger partial charge in [-0.15, -0.1) is 0 Å². The Morgan fingerprint density at radius 3 is 1.75 bits per heavy atom. The Balaban J connectivity index is 2.55. The standard InChI is InChI=1S/C16H14F2O3P2S/c1-24(19,20)21-22(12-13-23(17)18)16(14-8-4-2-5-9-14)15-10-6-3-7-11-15/h2-11,16H,1H3. The molecule has 0 N–H and O–H groups in total. The summed E-state index contributed by atoms with van der Waals surface area (Å²) in [6.45, 7) is 0. The van der Waals surface area contributed by atoms with Crippen molar-refractivity contribution in [2.24, 2.45) is 0 Å². The Morgan fingerprint density at radius 1 is 0.917 bits per heavy atom. The highest BCUT2D eigenvalue weighted by atomic mass is 32.2. The van der Waals surface area contributed by atoms with Crippen LogP contribution in [0, 0.1) is 11.3 Å². The molecular weight excluding hydrogens is 372 g/mol.